The van der Waals surface area contributed by atoms with E-state index in [-0.39, 0.29) is 0 Å². The highest BCUT2D eigenvalue weighted by Crippen LogP contribution is 2.22. The lowest BCUT2D eigenvalue weighted by atomic mass is 9.94. The largest absolute Gasteiger partial charge is 0.313 e. The van der Waals surface area contributed by atoms with E-state index in [4.69, 9.17) is 0 Å². The molecule has 2 rings (SSSR count). The first-order chi connectivity index (χ1) is 9.24. The number of aromatic nitrogens is 2. The van der Waals surface area contributed by atoms with Crippen molar-refractivity contribution in [3.8, 4) is 0 Å². The molecule has 1 aromatic heterocycles. The molecular weight excluding hydrogens is 234 g/mol. The van der Waals surface area contributed by atoms with Gasteiger partial charge in [-0.15, -0.1) is 0 Å². The van der Waals surface area contributed by atoms with E-state index in [2.05, 4.69) is 47.8 Å². The van der Waals surface area contributed by atoms with Gasteiger partial charge in [-0.25, -0.2) is 0 Å². The van der Waals surface area contributed by atoms with E-state index in [1.165, 1.54) is 16.7 Å². The van der Waals surface area contributed by atoms with Crippen LogP contribution in [0.1, 0.15) is 36.1 Å². The van der Waals surface area contributed by atoms with Crippen molar-refractivity contribution in [3.05, 3.63) is 53.3 Å². The highest BCUT2D eigenvalue weighted by molar-refractivity contribution is 5.30. The average Bonchev–Trinajstić information content (AvgIpc) is 2.86. The van der Waals surface area contributed by atoms with Gasteiger partial charge in [0.25, 0.3) is 0 Å². The number of hydrogen-bond acceptors (Lipinski definition) is 2. The zero-order valence-corrected chi connectivity index (χ0v) is 12.1. The first-order valence-electron chi connectivity index (χ1n) is 6.97. The van der Waals surface area contributed by atoms with E-state index in [0.717, 1.165) is 19.3 Å². The molecule has 1 heterocycles. The van der Waals surface area contributed by atoms with Crippen LogP contribution in [0.5, 0.6) is 0 Å². The van der Waals surface area contributed by atoms with Gasteiger partial charge in [-0.1, -0.05) is 31.2 Å². The fourth-order valence-electron chi connectivity index (χ4n) is 2.56. The molecule has 0 bridgehead atoms. The molecule has 0 aliphatic rings. The molecule has 102 valence electrons. The Balaban J connectivity index is 2.07. The van der Waals surface area contributed by atoms with Gasteiger partial charge < -0.3 is 5.32 Å². The molecule has 0 spiro atoms. The Morgan fingerprint density at radius 2 is 2.11 bits per heavy atom. The summed E-state index contributed by atoms with van der Waals surface area (Å²) < 4.78 is 1.86. The van der Waals surface area contributed by atoms with Crippen molar-refractivity contribution in [3.63, 3.8) is 0 Å². The second-order valence-corrected chi connectivity index (χ2v) is 4.95. The predicted octanol–water partition coefficient (Wildman–Crippen LogP) is 2.88. The van der Waals surface area contributed by atoms with E-state index in [1.54, 1.807) is 0 Å². The van der Waals surface area contributed by atoms with E-state index < -0.39 is 0 Å². The second-order valence-electron chi connectivity index (χ2n) is 4.95. The van der Waals surface area contributed by atoms with Crippen LogP contribution in [-0.2, 0) is 19.9 Å². The Hall–Kier alpha value is -1.61. The van der Waals surface area contributed by atoms with Crippen molar-refractivity contribution in [2.24, 2.45) is 7.05 Å². The summed E-state index contributed by atoms with van der Waals surface area (Å²) in [6.07, 6.45) is 7.29. The smallest absolute Gasteiger partial charge is 0.0521 e. The van der Waals surface area contributed by atoms with Crippen molar-refractivity contribution in [2.45, 2.75) is 32.2 Å². The Labute approximate surface area is 115 Å². The molecule has 0 saturated heterocycles. The van der Waals surface area contributed by atoms with Crippen LogP contribution in [0.15, 0.2) is 36.7 Å². The molecule has 0 saturated carbocycles. The number of rotatable bonds is 6. The fraction of sp³-hybridized carbons (Fsp3) is 0.438. The first-order valence-corrected chi connectivity index (χ1v) is 6.97. The Bertz CT molecular complexity index is 516. The molecule has 3 heteroatoms. The van der Waals surface area contributed by atoms with Gasteiger partial charge in [-0.05, 0) is 43.0 Å². The standard InChI is InChI=1S/C16H23N3/c1-4-14-7-5-6-8-15(14)16(17-2)10-9-13-11-18-19(3)12-13/h5-8,11-12,16-17H,4,9-10H2,1-3H3. The number of nitrogens with one attached hydrogen (secondary N) is 1. The SMILES string of the molecule is CCc1ccccc1C(CCc1cnn(C)c1)NC. The Kier molecular flexibility index (Phi) is 4.74. The van der Waals surface area contributed by atoms with Gasteiger partial charge >= 0.3 is 0 Å². The summed E-state index contributed by atoms with van der Waals surface area (Å²) in [5.74, 6) is 0. The van der Waals surface area contributed by atoms with Gasteiger partial charge in [0, 0.05) is 19.3 Å². The summed E-state index contributed by atoms with van der Waals surface area (Å²) in [7, 11) is 4.01. The van der Waals surface area contributed by atoms with Crippen LogP contribution < -0.4 is 5.32 Å². The number of hydrogen-bond donors (Lipinski definition) is 1. The van der Waals surface area contributed by atoms with Gasteiger partial charge in [-0.2, -0.15) is 5.10 Å². The molecule has 0 amide bonds. The predicted molar refractivity (Wildman–Crippen MR) is 79.1 cm³/mol. The molecule has 1 aromatic carbocycles. The maximum atomic E-state index is 4.22. The lowest BCUT2D eigenvalue weighted by molar-refractivity contribution is 0.545. The Morgan fingerprint density at radius 1 is 1.32 bits per heavy atom. The van der Waals surface area contributed by atoms with Crippen LogP contribution in [0.2, 0.25) is 0 Å². The van der Waals surface area contributed by atoms with Crippen molar-refractivity contribution >= 4 is 0 Å². The summed E-state index contributed by atoms with van der Waals surface area (Å²) in [5.41, 5.74) is 4.17. The van der Waals surface area contributed by atoms with E-state index in [9.17, 15) is 0 Å². The van der Waals surface area contributed by atoms with E-state index >= 15 is 0 Å². The topological polar surface area (TPSA) is 29.9 Å². The summed E-state index contributed by atoms with van der Waals surface area (Å²) >= 11 is 0. The average molecular weight is 257 g/mol. The van der Waals surface area contributed by atoms with Crippen LogP contribution in [0.3, 0.4) is 0 Å². The quantitative estimate of drug-likeness (QED) is 0.862. The lowest BCUT2D eigenvalue weighted by Crippen LogP contribution is -2.18. The van der Waals surface area contributed by atoms with Crippen molar-refractivity contribution in [1.82, 2.24) is 15.1 Å². The molecule has 0 aliphatic carbocycles. The van der Waals surface area contributed by atoms with Gasteiger partial charge in [0.2, 0.25) is 0 Å². The maximum Gasteiger partial charge on any atom is 0.0521 e. The molecule has 3 nitrogen and oxygen atoms in total. The normalized spacial score (nSPS) is 12.6. The van der Waals surface area contributed by atoms with Gasteiger partial charge in [0.05, 0.1) is 6.20 Å². The Morgan fingerprint density at radius 3 is 2.74 bits per heavy atom. The van der Waals surface area contributed by atoms with Crippen LogP contribution in [0.25, 0.3) is 0 Å². The van der Waals surface area contributed by atoms with Crippen LogP contribution in [0.4, 0.5) is 0 Å². The molecule has 19 heavy (non-hydrogen) atoms. The zero-order valence-electron chi connectivity index (χ0n) is 12.1. The van der Waals surface area contributed by atoms with E-state index in [0.29, 0.717) is 6.04 Å². The van der Waals surface area contributed by atoms with Crippen molar-refractivity contribution < 1.29 is 0 Å². The van der Waals surface area contributed by atoms with Crippen LogP contribution in [-0.4, -0.2) is 16.8 Å². The number of aryl methyl sites for hydroxylation is 3. The minimum absolute atomic E-state index is 0.413. The molecule has 1 unspecified atom stereocenters. The lowest BCUT2D eigenvalue weighted by Gasteiger charge is -2.19. The van der Waals surface area contributed by atoms with E-state index in [1.807, 2.05) is 25.0 Å². The highest BCUT2D eigenvalue weighted by Gasteiger charge is 2.12. The molecule has 0 aliphatic heterocycles. The summed E-state index contributed by atoms with van der Waals surface area (Å²) in [6, 6.07) is 9.13. The molecule has 2 aromatic rings. The minimum atomic E-state index is 0.413. The summed E-state index contributed by atoms with van der Waals surface area (Å²) in [4.78, 5) is 0. The number of benzene rings is 1. The summed E-state index contributed by atoms with van der Waals surface area (Å²) in [6.45, 7) is 2.21. The first kappa shape index (κ1) is 13.8. The molecule has 0 fully saturated rings. The third-order valence-electron chi connectivity index (χ3n) is 3.64. The second kappa shape index (κ2) is 6.53. The fourth-order valence-corrected chi connectivity index (χ4v) is 2.56. The highest BCUT2D eigenvalue weighted by atomic mass is 15.2. The van der Waals surface area contributed by atoms with Gasteiger partial charge in [0.15, 0.2) is 0 Å². The summed E-state index contributed by atoms with van der Waals surface area (Å²) in [5, 5.41) is 7.67. The third-order valence-corrected chi connectivity index (χ3v) is 3.64. The molecule has 1 N–H and O–H groups in total. The molecular formula is C16H23N3. The monoisotopic (exact) mass is 257 g/mol. The van der Waals surface area contributed by atoms with Gasteiger partial charge in [0.1, 0.15) is 0 Å². The third kappa shape index (κ3) is 3.44. The zero-order chi connectivity index (χ0) is 13.7. The van der Waals surface area contributed by atoms with Crippen LogP contribution in [0, 0.1) is 0 Å². The van der Waals surface area contributed by atoms with Gasteiger partial charge in [-0.3, -0.25) is 4.68 Å². The molecule has 1 atom stereocenters. The van der Waals surface area contributed by atoms with Crippen molar-refractivity contribution in [2.75, 3.05) is 7.05 Å². The number of nitrogens with zero attached hydrogens (tertiary/aromatic N) is 2. The maximum absolute atomic E-state index is 4.22. The minimum Gasteiger partial charge on any atom is -0.313 e. The van der Waals surface area contributed by atoms with Crippen molar-refractivity contribution in [1.29, 1.82) is 0 Å². The van der Waals surface area contributed by atoms with Crippen LogP contribution >= 0.6 is 0 Å². The molecule has 0 radical (unpaired) electrons.